The second-order valence-electron chi connectivity index (χ2n) is 6.69. The van der Waals surface area contributed by atoms with E-state index in [1.165, 1.54) is 0 Å². The molecule has 0 saturated carbocycles. The van der Waals surface area contributed by atoms with Gasteiger partial charge in [-0.1, -0.05) is 23.8 Å². The van der Waals surface area contributed by atoms with Gasteiger partial charge in [0, 0.05) is 12.6 Å². The zero-order valence-electron chi connectivity index (χ0n) is 14.1. The topological polar surface area (TPSA) is 84.6 Å². The lowest BCUT2D eigenvalue weighted by Gasteiger charge is -2.22. The predicted molar refractivity (Wildman–Crippen MR) is 87.7 cm³/mol. The summed E-state index contributed by atoms with van der Waals surface area (Å²) in [6.45, 7) is 9.71. The van der Waals surface area contributed by atoms with Crippen molar-refractivity contribution >= 4 is 6.09 Å². The summed E-state index contributed by atoms with van der Waals surface area (Å²) in [6.07, 6.45) is -0.755. The number of aliphatic hydroxyl groups excluding tert-OH is 1. The number of rotatable bonds is 5. The van der Waals surface area contributed by atoms with E-state index >= 15 is 0 Å². The van der Waals surface area contributed by atoms with E-state index in [9.17, 15) is 9.90 Å². The second-order valence-corrected chi connectivity index (χ2v) is 6.69. The fourth-order valence-electron chi connectivity index (χ4n) is 2.12. The minimum Gasteiger partial charge on any atom is -0.444 e. The van der Waals surface area contributed by atoms with E-state index in [2.05, 4.69) is 5.32 Å². The summed E-state index contributed by atoms with van der Waals surface area (Å²) in [7, 11) is 0. The molecule has 0 fully saturated rings. The Kier molecular flexibility index (Phi) is 6.38. The van der Waals surface area contributed by atoms with Crippen molar-refractivity contribution in [2.45, 2.75) is 58.8 Å². The van der Waals surface area contributed by atoms with Gasteiger partial charge in [0.15, 0.2) is 0 Å². The maximum Gasteiger partial charge on any atom is 0.407 e. The third-order valence-corrected chi connectivity index (χ3v) is 3.30. The molecule has 0 aliphatic carbocycles. The van der Waals surface area contributed by atoms with Crippen LogP contribution in [0.25, 0.3) is 0 Å². The van der Waals surface area contributed by atoms with Crippen molar-refractivity contribution in [1.82, 2.24) is 5.32 Å². The lowest BCUT2D eigenvalue weighted by atomic mass is 9.95. The van der Waals surface area contributed by atoms with Crippen LogP contribution >= 0.6 is 0 Å². The van der Waals surface area contributed by atoms with Gasteiger partial charge in [-0.2, -0.15) is 0 Å². The Balaban J connectivity index is 2.50. The van der Waals surface area contributed by atoms with Gasteiger partial charge in [-0.15, -0.1) is 0 Å². The maximum atomic E-state index is 11.5. The van der Waals surface area contributed by atoms with Crippen LogP contribution < -0.4 is 11.1 Å². The third kappa shape index (κ3) is 6.03. The molecule has 4 N–H and O–H groups in total. The molecule has 5 heteroatoms. The fraction of sp³-hybridized carbons (Fsp3) is 0.588. The molecule has 0 aliphatic heterocycles. The van der Waals surface area contributed by atoms with Gasteiger partial charge in [-0.25, -0.2) is 4.79 Å². The maximum absolute atomic E-state index is 11.5. The van der Waals surface area contributed by atoms with Crippen molar-refractivity contribution in [2.75, 3.05) is 6.54 Å². The highest BCUT2D eigenvalue weighted by molar-refractivity contribution is 5.67. The molecule has 0 heterocycles. The molecule has 0 radical (unpaired) electrons. The number of nitrogens with two attached hydrogens (primary N) is 1. The molecule has 1 amide bonds. The van der Waals surface area contributed by atoms with E-state index in [4.69, 9.17) is 10.5 Å². The molecule has 22 heavy (non-hydrogen) atoms. The highest BCUT2D eigenvalue weighted by Gasteiger charge is 2.20. The summed E-state index contributed by atoms with van der Waals surface area (Å²) in [6, 6.07) is 5.47. The summed E-state index contributed by atoms with van der Waals surface area (Å²) in [5.41, 5.74) is 8.44. The largest absolute Gasteiger partial charge is 0.444 e. The summed E-state index contributed by atoms with van der Waals surface area (Å²) in [5, 5.41) is 13.0. The number of ether oxygens (including phenoxy) is 1. The van der Waals surface area contributed by atoms with Crippen LogP contribution in [0.4, 0.5) is 4.79 Å². The van der Waals surface area contributed by atoms with Crippen molar-refractivity contribution in [1.29, 1.82) is 0 Å². The van der Waals surface area contributed by atoms with Gasteiger partial charge in [0.05, 0.1) is 6.10 Å². The van der Waals surface area contributed by atoms with Crippen LogP contribution in [0, 0.1) is 13.8 Å². The number of hydrogen-bond acceptors (Lipinski definition) is 4. The van der Waals surface area contributed by atoms with Crippen LogP contribution in [0.1, 0.15) is 50.0 Å². The molecule has 1 rings (SSSR count). The van der Waals surface area contributed by atoms with E-state index in [1.54, 1.807) is 0 Å². The Morgan fingerprint density at radius 1 is 1.36 bits per heavy atom. The average molecular weight is 308 g/mol. The Hall–Kier alpha value is -1.59. The third-order valence-electron chi connectivity index (χ3n) is 3.30. The van der Waals surface area contributed by atoms with Crippen molar-refractivity contribution in [3.8, 4) is 0 Å². The number of aliphatic hydroxyl groups is 1. The molecule has 0 aliphatic rings. The van der Waals surface area contributed by atoms with Crippen molar-refractivity contribution in [3.63, 3.8) is 0 Å². The summed E-state index contributed by atoms with van der Waals surface area (Å²) in [4.78, 5) is 11.5. The normalized spacial score (nSPS) is 14.3. The molecule has 0 bridgehead atoms. The number of carbonyl (C=O) groups is 1. The number of nitrogens with one attached hydrogen (secondary N) is 1. The highest BCUT2D eigenvalue weighted by Crippen LogP contribution is 2.22. The van der Waals surface area contributed by atoms with Crippen LogP contribution in [0.5, 0.6) is 0 Å². The first-order valence-corrected chi connectivity index (χ1v) is 7.58. The Labute approximate surface area is 132 Å². The number of amides is 1. The fourth-order valence-corrected chi connectivity index (χ4v) is 2.12. The molecule has 2 unspecified atom stereocenters. The van der Waals surface area contributed by atoms with Crippen LogP contribution in [-0.2, 0) is 4.74 Å². The van der Waals surface area contributed by atoms with Crippen LogP contribution in [0.15, 0.2) is 18.2 Å². The van der Waals surface area contributed by atoms with Crippen molar-refractivity contribution in [2.24, 2.45) is 5.73 Å². The predicted octanol–water partition coefficient (Wildman–Crippen LogP) is 2.58. The first-order chi connectivity index (χ1) is 10.1. The molecule has 1 aromatic carbocycles. The first-order valence-electron chi connectivity index (χ1n) is 7.58. The molecule has 2 atom stereocenters. The molecule has 0 saturated heterocycles. The van der Waals surface area contributed by atoms with E-state index in [0.29, 0.717) is 13.0 Å². The van der Waals surface area contributed by atoms with E-state index in [0.717, 1.165) is 16.7 Å². The number of alkyl carbamates (subject to hydrolysis) is 1. The Morgan fingerprint density at radius 2 is 2.00 bits per heavy atom. The van der Waals surface area contributed by atoms with Gasteiger partial charge in [0.2, 0.25) is 0 Å². The summed E-state index contributed by atoms with van der Waals surface area (Å²) >= 11 is 0. The monoisotopic (exact) mass is 308 g/mol. The quantitative estimate of drug-likeness (QED) is 0.780. The first kappa shape index (κ1) is 18.5. The van der Waals surface area contributed by atoms with Gasteiger partial charge in [0.25, 0.3) is 0 Å². The lowest BCUT2D eigenvalue weighted by molar-refractivity contribution is 0.0521. The zero-order valence-corrected chi connectivity index (χ0v) is 14.1. The molecular weight excluding hydrogens is 280 g/mol. The smallest absolute Gasteiger partial charge is 0.407 e. The number of carbonyl (C=O) groups excluding carboxylic acids is 1. The molecule has 0 spiro atoms. The Bertz CT molecular complexity index is 509. The van der Waals surface area contributed by atoms with Crippen LogP contribution in [-0.4, -0.2) is 29.4 Å². The molecule has 0 aromatic heterocycles. The van der Waals surface area contributed by atoms with Gasteiger partial charge in [-0.3, -0.25) is 0 Å². The number of benzene rings is 1. The minimum atomic E-state index is -0.750. The zero-order chi connectivity index (χ0) is 16.9. The van der Waals surface area contributed by atoms with Crippen LogP contribution in [0.2, 0.25) is 0 Å². The van der Waals surface area contributed by atoms with Gasteiger partial charge < -0.3 is 20.9 Å². The van der Waals surface area contributed by atoms with Crippen molar-refractivity contribution < 1.29 is 14.6 Å². The van der Waals surface area contributed by atoms with Gasteiger partial charge >= 0.3 is 6.09 Å². The van der Waals surface area contributed by atoms with Gasteiger partial charge in [-0.05, 0) is 52.2 Å². The minimum absolute atomic E-state index is 0.359. The summed E-state index contributed by atoms with van der Waals surface area (Å²) in [5.74, 6) is 0. The van der Waals surface area contributed by atoms with E-state index in [-0.39, 0.29) is 0 Å². The Morgan fingerprint density at radius 3 is 2.59 bits per heavy atom. The summed E-state index contributed by atoms with van der Waals surface area (Å²) < 4.78 is 5.15. The standard InChI is InChI=1S/C17H28N2O3/c1-11-6-7-12(2)13(10-11)15(20)14(18)8-9-19-16(21)22-17(3,4)5/h6-7,10,14-15,20H,8-9,18H2,1-5H3,(H,19,21). The number of aryl methyl sites for hydroxylation is 2. The second kappa shape index (κ2) is 7.61. The highest BCUT2D eigenvalue weighted by atomic mass is 16.6. The SMILES string of the molecule is Cc1ccc(C)c(C(O)C(N)CCNC(=O)OC(C)(C)C)c1. The van der Waals surface area contributed by atoms with Gasteiger partial charge in [0.1, 0.15) is 5.60 Å². The van der Waals surface area contributed by atoms with Crippen LogP contribution in [0.3, 0.4) is 0 Å². The molecule has 124 valence electrons. The lowest BCUT2D eigenvalue weighted by Crippen LogP contribution is -2.37. The van der Waals surface area contributed by atoms with Crippen molar-refractivity contribution in [3.05, 3.63) is 34.9 Å². The van der Waals surface area contributed by atoms with E-state index < -0.39 is 23.8 Å². The average Bonchev–Trinajstić information content (AvgIpc) is 2.38. The molecular formula is C17H28N2O3. The van der Waals surface area contributed by atoms with E-state index in [1.807, 2.05) is 52.8 Å². The molecule has 1 aromatic rings. The number of hydrogen-bond donors (Lipinski definition) is 3. The molecule has 5 nitrogen and oxygen atoms in total.